The average molecular weight is 314 g/mol. The second-order valence-corrected chi connectivity index (χ2v) is 5.30. The summed E-state index contributed by atoms with van der Waals surface area (Å²) in [5.41, 5.74) is 1.91. The Bertz CT molecular complexity index is 660. The maximum Gasteiger partial charge on any atom is 0.330 e. The van der Waals surface area contributed by atoms with E-state index in [4.69, 9.17) is 9.47 Å². The zero-order chi connectivity index (χ0) is 16.7. The summed E-state index contributed by atoms with van der Waals surface area (Å²) in [5.74, 6) is 0.172. The van der Waals surface area contributed by atoms with Crippen LogP contribution < -0.4 is 4.74 Å². The van der Waals surface area contributed by atoms with Gasteiger partial charge in [-0.1, -0.05) is 30.3 Å². The Hall–Kier alpha value is -2.56. The van der Waals surface area contributed by atoms with Gasteiger partial charge in [0, 0.05) is 12.1 Å². The normalized spacial score (nSPS) is 11.1. The van der Waals surface area contributed by atoms with Gasteiger partial charge in [0.15, 0.2) is 0 Å². The number of ether oxygens (including phenoxy) is 2. The molecule has 0 spiro atoms. The zero-order valence-corrected chi connectivity index (χ0v) is 13.7. The SMILES string of the molecule is CCOC(=O)C=Cc1cc(OC(C)C)nn1Cc1ccccc1. The van der Waals surface area contributed by atoms with Crippen LogP contribution in [0.1, 0.15) is 32.0 Å². The molecule has 0 aliphatic heterocycles. The number of esters is 1. The van der Waals surface area contributed by atoms with Gasteiger partial charge in [-0.2, -0.15) is 0 Å². The van der Waals surface area contributed by atoms with Gasteiger partial charge < -0.3 is 9.47 Å². The molecule has 0 fully saturated rings. The first kappa shape index (κ1) is 16.8. The Morgan fingerprint density at radius 2 is 2.04 bits per heavy atom. The molecule has 0 atom stereocenters. The molecule has 5 heteroatoms. The van der Waals surface area contributed by atoms with Crippen molar-refractivity contribution in [2.24, 2.45) is 0 Å². The van der Waals surface area contributed by atoms with Crippen molar-refractivity contribution in [1.82, 2.24) is 9.78 Å². The first-order valence-corrected chi connectivity index (χ1v) is 7.71. The summed E-state index contributed by atoms with van der Waals surface area (Å²) >= 11 is 0. The van der Waals surface area contributed by atoms with Crippen LogP contribution in [0.3, 0.4) is 0 Å². The lowest BCUT2D eigenvalue weighted by molar-refractivity contribution is -0.137. The molecule has 122 valence electrons. The standard InChI is InChI=1S/C18H22N2O3/c1-4-22-18(21)11-10-16-12-17(23-14(2)3)19-20(16)13-15-8-6-5-7-9-15/h5-12,14H,4,13H2,1-3H3. The lowest BCUT2D eigenvalue weighted by Crippen LogP contribution is -2.08. The van der Waals surface area contributed by atoms with Gasteiger partial charge in [0.2, 0.25) is 5.88 Å². The van der Waals surface area contributed by atoms with E-state index < -0.39 is 0 Å². The van der Waals surface area contributed by atoms with E-state index in [1.54, 1.807) is 13.0 Å². The van der Waals surface area contributed by atoms with Crippen LogP contribution >= 0.6 is 0 Å². The van der Waals surface area contributed by atoms with Gasteiger partial charge in [0.25, 0.3) is 0 Å². The Labute approximate surface area is 136 Å². The highest BCUT2D eigenvalue weighted by Gasteiger charge is 2.09. The van der Waals surface area contributed by atoms with Crippen molar-refractivity contribution in [2.45, 2.75) is 33.4 Å². The zero-order valence-electron chi connectivity index (χ0n) is 13.7. The summed E-state index contributed by atoms with van der Waals surface area (Å²) in [5, 5.41) is 4.46. The van der Waals surface area contributed by atoms with Gasteiger partial charge in [0.05, 0.1) is 24.9 Å². The maximum atomic E-state index is 11.5. The Morgan fingerprint density at radius 1 is 1.30 bits per heavy atom. The molecular formula is C18H22N2O3. The van der Waals surface area contributed by atoms with Crippen molar-refractivity contribution >= 4 is 12.0 Å². The number of carbonyl (C=O) groups excluding carboxylic acids is 1. The second kappa shape index (κ2) is 8.17. The molecule has 0 N–H and O–H groups in total. The largest absolute Gasteiger partial charge is 0.474 e. The Balaban J connectivity index is 2.23. The molecule has 23 heavy (non-hydrogen) atoms. The average Bonchev–Trinajstić information content (AvgIpc) is 2.87. The minimum absolute atomic E-state index is 0.0389. The highest BCUT2D eigenvalue weighted by atomic mass is 16.5. The Morgan fingerprint density at radius 3 is 2.70 bits per heavy atom. The van der Waals surface area contributed by atoms with Crippen LogP contribution in [-0.4, -0.2) is 28.5 Å². The molecule has 0 aliphatic carbocycles. The summed E-state index contributed by atoms with van der Waals surface area (Å²) in [6.07, 6.45) is 3.14. The van der Waals surface area contributed by atoms with E-state index in [0.717, 1.165) is 11.3 Å². The van der Waals surface area contributed by atoms with Crippen LogP contribution in [0.5, 0.6) is 5.88 Å². The Kier molecular flexibility index (Phi) is 5.97. The van der Waals surface area contributed by atoms with Crippen molar-refractivity contribution < 1.29 is 14.3 Å². The molecule has 5 nitrogen and oxygen atoms in total. The van der Waals surface area contributed by atoms with E-state index in [1.807, 2.05) is 54.9 Å². The number of hydrogen-bond donors (Lipinski definition) is 0. The third-order valence-electron chi connectivity index (χ3n) is 3.00. The molecule has 1 heterocycles. The van der Waals surface area contributed by atoms with Crippen LogP contribution in [0.25, 0.3) is 6.08 Å². The van der Waals surface area contributed by atoms with Crippen LogP contribution in [0.15, 0.2) is 42.5 Å². The van der Waals surface area contributed by atoms with Crippen molar-refractivity contribution in [2.75, 3.05) is 6.61 Å². The second-order valence-electron chi connectivity index (χ2n) is 5.30. The van der Waals surface area contributed by atoms with Gasteiger partial charge in [-0.15, -0.1) is 5.10 Å². The molecule has 0 radical (unpaired) electrons. The van der Waals surface area contributed by atoms with E-state index in [2.05, 4.69) is 5.10 Å². The molecular weight excluding hydrogens is 292 g/mol. The fourth-order valence-electron chi connectivity index (χ4n) is 2.07. The van der Waals surface area contributed by atoms with Crippen molar-refractivity contribution in [3.05, 3.63) is 53.7 Å². The first-order chi connectivity index (χ1) is 11.1. The van der Waals surface area contributed by atoms with E-state index in [0.29, 0.717) is 19.0 Å². The van der Waals surface area contributed by atoms with Gasteiger partial charge in [-0.3, -0.25) is 4.68 Å². The number of benzene rings is 1. The number of nitrogens with zero attached hydrogens (tertiary/aromatic N) is 2. The molecule has 0 unspecified atom stereocenters. The quantitative estimate of drug-likeness (QED) is 0.581. The summed E-state index contributed by atoms with van der Waals surface area (Å²) < 4.78 is 12.4. The molecule has 0 amide bonds. The molecule has 0 bridgehead atoms. The van der Waals surface area contributed by atoms with Gasteiger partial charge in [0.1, 0.15) is 0 Å². The van der Waals surface area contributed by atoms with Crippen molar-refractivity contribution in [3.63, 3.8) is 0 Å². The predicted octanol–water partition coefficient (Wildman–Crippen LogP) is 3.29. The maximum absolute atomic E-state index is 11.5. The fraction of sp³-hybridized carbons (Fsp3) is 0.333. The lowest BCUT2D eigenvalue weighted by atomic mass is 10.2. The van der Waals surface area contributed by atoms with E-state index in [1.165, 1.54) is 6.08 Å². The van der Waals surface area contributed by atoms with Crippen molar-refractivity contribution in [1.29, 1.82) is 0 Å². The summed E-state index contributed by atoms with van der Waals surface area (Å²) in [6, 6.07) is 11.8. The summed E-state index contributed by atoms with van der Waals surface area (Å²) in [4.78, 5) is 11.5. The summed E-state index contributed by atoms with van der Waals surface area (Å²) in [7, 11) is 0. The third kappa shape index (κ3) is 5.29. The van der Waals surface area contributed by atoms with Crippen LogP contribution in [-0.2, 0) is 16.1 Å². The molecule has 0 saturated carbocycles. The molecule has 0 saturated heterocycles. The highest BCUT2D eigenvalue weighted by Crippen LogP contribution is 2.17. The highest BCUT2D eigenvalue weighted by molar-refractivity contribution is 5.86. The van der Waals surface area contributed by atoms with Crippen LogP contribution in [0.2, 0.25) is 0 Å². The number of carbonyl (C=O) groups is 1. The number of hydrogen-bond acceptors (Lipinski definition) is 4. The molecule has 2 aromatic rings. The smallest absolute Gasteiger partial charge is 0.330 e. The minimum Gasteiger partial charge on any atom is -0.474 e. The minimum atomic E-state index is -0.369. The van der Waals surface area contributed by atoms with Crippen molar-refractivity contribution in [3.8, 4) is 5.88 Å². The lowest BCUT2D eigenvalue weighted by Gasteiger charge is -2.06. The topological polar surface area (TPSA) is 53.4 Å². The molecule has 2 rings (SSSR count). The fourth-order valence-corrected chi connectivity index (χ4v) is 2.07. The van der Waals surface area contributed by atoms with Crippen LogP contribution in [0.4, 0.5) is 0 Å². The monoisotopic (exact) mass is 314 g/mol. The number of aromatic nitrogens is 2. The van der Waals surface area contributed by atoms with Gasteiger partial charge in [-0.25, -0.2) is 4.79 Å². The van der Waals surface area contributed by atoms with Gasteiger partial charge >= 0.3 is 5.97 Å². The van der Waals surface area contributed by atoms with E-state index in [-0.39, 0.29) is 12.1 Å². The predicted molar refractivity (Wildman–Crippen MR) is 89.2 cm³/mol. The van der Waals surface area contributed by atoms with E-state index in [9.17, 15) is 4.79 Å². The number of rotatable bonds is 7. The third-order valence-corrected chi connectivity index (χ3v) is 3.00. The molecule has 0 aliphatic rings. The van der Waals surface area contributed by atoms with Gasteiger partial charge in [-0.05, 0) is 32.4 Å². The first-order valence-electron chi connectivity index (χ1n) is 7.71. The molecule has 1 aromatic heterocycles. The summed E-state index contributed by atoms with van der Waals surface area (Å²) in [6.45, 7) is 6.63. The molecule has 1 aromatic carbocycles. The van der Waals surface area contributed by atoms with Crippen LogP contribution in [0, 0.1) is 0 Å². The van der Waals surface area contributed by atoms with E-state index >= 15 is 0 Å².